The van der Waals surface area contributed by atoms with Gasteiger partial charge in [0.1, 0.15) is 11.4 Å². The molecule has 1 aliphatic carbocycles. The van der Waals surface area contributed by atoms with Crippen molar-refractivity contribution in [3.63, 3.8) is 0 Å². The van der Waals surface area contributed by atoms with Gasteiger partial charge in [0.2, 0.25) is 0 Å². The fraction of sp³-hybridized carbons (Fsp3) is 0.800. The van der Waals surface area contributed by atoms with Crippen molar-refractivity contribution in [3.8, 4) is 0 Å². The summed E-state index contributed by atoms with van der Waals surface area (Å²) in [5.41, 5.74) is 1.10. The molecule has 0 heterocycles. The first-order valence-electron chi connectivity index (χ1n) is 5.30. The first-order valence-corrected chi connectivity index (χ1v) is 5.30. The molecule has 2 N–H and O–H groups in total. The lowest BCUT2D eigenvalue weighted by atomic mass is 9.98. The highest BCUT2D eigenvalue weighted by Gasteiger charge is 2.11. The van der Waals surface area contributed by atoms with E-state index in [2.05, 4.69) is 10.3 Å². The Bertz CT molecular complexity index is 200. The molecule has 0 saturated heterocycles. The second kappa shape index (κ2) is 6.40. The van der Waals surface area contributed by atoms with Crippen LogP contribution in [0.4, 0.5) is 0 Å². The number of hydrogen-bond acceptors (Lipinski definition) is 4. The van der Waals surface area contributed by atoms with Crippen LogP contribution in [0.3, 0.4) is 0 Å². The van der Waals surface area contributed by atoms with E-state index in [4.69, 9.17) is 10.4 Å². The van der Waals surface area contributed by atoms with Crippen LogP contribution in [0.25, 0.3) is 0 Å². The summed E-state index contributed by atoms with van der Waals surface area (Å²) in [4.78, 5) is 0. The molecule has 80 valence electrons. The molecule has 1 aliphatic rings. The zero-order valence-corrected chi connectivity index (χ0v) is 8.45. The highest BCUT2D eigenvalue weighted by molar-refractivity contribution is 6.42. The fourth-order valence-corrected chi connectivity index (χ4v) is 1.80. The summed E-state index contributed by atoms with van der Waals surface area (Å²) in [6.07, 6.45) is 8.30. The lowest BCUT2D eigenvalue weighted by Crippen LogP contribution is -2.15. The molecule has 0 spiro atoms. The van der Waals surface area contributed by atoms with Crippen LogP contribution in [0.5, 0.6) is 0 Å². The van der Waals surface area contributed by atoms with Gasteiger partial charge in [-0.25, -0.2) is 0 Å². The van der Waals surface area contributed by atoms with E-state index >= 15 is 0 Å². The molecular weight excluding hydrogens is 180 g/mol. The summed E-state index contributed by atoms with van der Waals surface area (Å²) in [6, 6.07) is 0. The van der Waals surface area contributed by atoms with Crippen molar-refractivity contribution < 1.29 is 10.4 Å². The zero-order chi connectivity index (χ0) is 10.2. The zero-order valence-electron chi connectivity index (χ0n) is 8.45. The Morgan fingerprint density at radius 1 is 0.643 bits per heavy atom. The first-order chi connectivity index (χ1) is 6.88. The number of oxime groups is 2. The number of rotatable bonds is 0. The fourth-order valence-electron chi connectivity index (χ4n) is 1.80. The van der Waals surface area contributed by atoms with Crippen LogP contribution in [0.1, 0.15) is 51.4 Å². The van der Waals surface area contributed by atoms with E-state index in [-0.39, 0.29) is 0 Å². The van der Waals surface area contributed by atoms with Crippen molar-refractivity contribution in [1.29, 1.82) is 0 Å². The normalized spacial score (nSPS) is 26.6. The minimum absolute atomic E-state index is 0.550. The molecule has 0 aliphatic heterocycles. The van der Waals surface area contributed by atoms with Crippen LogP contribution in [0, 0.1) is 0 Å². The Morgan fingerprint density at radius 2 is 1.00 bits per heavy atom. The molecule has 1 saturated carbocycles. The lowest BCUT2D eigenvalue weighted by Gasteiger charge is -2.09. The van der Waals surface area contributed by atoms with E-state index in [1.807, 2.05) is 0 Å². The van der Waals surface area contributed by atoms with Crippen molar-refractivity contribution in [2.75, 3.05) is 0 Å². The third-order valence-corrected chi connectivity index (χ3v) is 2.65. The molecule has 0 bridgehead atoms. The van der Waals surface area contributed by atoms with Crippen LogP contribution in [-0.4, -0.2) is 21.8 Å². The molecule has 0 amide bonds. The molecule has 0 aromatic heterocycles. The van der Waals surface area contributed by atoms with Crippen LogP contribution in [0.15, 0.2) is 10.3 Å². The molecule has 1 rings (SSSR count). The predicted octanol–water partition coefficient (Wildman–Crippen LogP) is 2.78. The van der Waals surface area contributed by atoms with E-state index < -0.39 is 0 Å². The third kappa shape index (κ3) is 3.36. The van der Waals surface area contributed by atoms with Gasteiger partial charge in [-0.15, -0.1) is 0 Å². The van der Waals surface area contributed by atoms with Crippen LogP contribution < -0.4 is 0 Å². The van der Waals surface area contributed by atoms with Crippen molar-refractivity contribution in [1.82, 2.24) is 0 Å². The topological polar surface area (TPSA) is 65.2 Å². The highest BCUT2D eigenvalue weighted by atomic mass is 16.4. The Balaban J connectivity index is 2.59. The number of hydrogen-bond donors (Lipinski definition) is 2. The Labute approximate surface area is 84.3 Å². The molecule has 14 heavy (non-hydrogen) atoms. The monoisotopic (exact) mass is 198 g/mol. The van der Waals surface area contributed by atoms with Gasteiger partial charge in [-0.2, -0.15) is 0 Å². The number of nitrogens with zero attached hydrogens (tertiary/aromatic N) is 2. The minimum atomic E-state index is 0.550. The summed E-state index contributed by atoms with van der Waals surface area (Å²) in [5.74, 6) is 0. The maximum Gasteiger partial charge on any atom is 0.104 e. The SMILES string of the molecule is O/N=C1/CCCCCCCC/C1=N/O. The van der Waals surface area contributed by atoms with Gasteiger partial charge in [-0.05, 0) is 25.7 Å². The standard InChI is InChI=1S/C10H18N2O2/c13-11-9-7-5-3-1-2-4-6-8-10(9)12-14/h13-14H,1-8H2/b11-9-,12-10-. The quantitative estimate of drug-likeness (QED) is 0.464. The minimum Gasteiger partial charge on any atom is -0.411 e. The summed E-state index contributed by atoms with van der Waals surface area (Å²) in [6.45, 7) is 0. The largest absolute Gasteiger partial charge is 0.411 e. The summed E-state index contributed by atoms with van der Waals surface area (Å²) in [5, 5.41) is 23.9. The average Bonchev–Trinajstić information content (AvgIpc) is 2.24. The second-order valence-corrected chi connectivity index (χ2v) is 3.71. The van der Waals surface area contributed by atoms with Crippen molar-refractivity contribution in [3.05, 3.63) is 0 Å². The van der Waals surface area contributed by atoms with Crippen molar-refractivity contribution >= 4 is 11.4 Å². The van der Waals surface area contributed by atoms with Crippen molar-refractivity contribution in [2.45, 2.75) is 51.4 Å². The van der Waals surface area contributed by atoms with Gasteiger partial charge in [0.15, 0.2) is 0 Å². The molecule has 0 unspecified atom stereocenters. The van der Waals surface area contributed by atoms with Crippen LogP contribution in [0.2, 0.25) is 0 Å². The molecule has 4 heteroatoms. The highest BCUT2D eigenvalue weighted by Crippen LogP contribution is 2.14. The van der Waals surface area contributed by atoms with E-state index in [1.54, 1.807) is 0 Å². The third-order valence-electron chi connectivity index (χ3n) is 2.65. The van der Waals surface area contributed by atoms with E-state index in [0.29, 0.717) is 11.4 Å². The van der Waals surface area contributed by atoms with Gasteiger partial charge in [-0.3, -0.25) is 0 Å². The Morgan fingerprint density at radius 3 is 1.36 bits per heavy atom. The maximum atomic E-state index is 8.77. The summed E-state index contributed by atoms with van der Waals surface area (Å²) < 4.78 is 0. The van der Waals surface area contributed by atoms with Crippen LogP contribution in [-0.2, 0) is 0 Å². The second-order valence-electron chi connectivity index (χ2n) is 3.71. The van der Waals surface area contributed by atoms with Gasteiger partial charge in [-0.1, -0.05) is 36.0 Å². The van der Waals surface area contributed by atoms with E-state index in [0.717, 1.165) is 38.5 Å². The average molecular weight is 198 g/mol. The Kier molecular flexibility index (Phi) is 5.04. The molecule has 0 radical (unpaired) electrons. The molecule has 0 aromatic carbocycles. The van der Waals surface area contributed by atoms with E-state index in [9.17, 15) is 0 Å². The van der Waals surface area contributed by atoms with Gasteiger partial charge in [0, 0.05) is 0 Å². The van der Waals surface area contributed by atoms with Crippen molar-refractivity contribution in [2.24, 2.45) is 10.3 Å². The smallest absolute Gasteiger partial charge is 0.104 e. The first kappa shape index (κ1) is 11.0. The van der Waals surface area contributed by atoms with Gasteiger partial charge in [0.05, 0.1) is 0 Å². The Hall–Kier alpha value is -1.06. The molecule has 4 nitrogen and oxygen atoms in total. The maximum absolute atomic E-state index is 8.77. The van der Waals surface area contributed by atoms with E-state index in [1.165, 1.54) is 12.8 Å². The lowest BCUT2D eigenvalue weighted by molar-refractivity contribution is 0.311. The molecule has 0 aromatic rings. The van der Waals surface area contributed by atoms with Gasteiger partial charge >= 0.3 is 0 Å². The van der Waals surface area contributed by atoms with Gasteiger partial charge < -0.3 is 10.4 Å². The summed E-state index contributed by atoms with van der Waals surface area (Å²) in [7, 11) is 0. The molecular formula is C10H18N2O2. The van der Waals surface area contributed by atoms with Gasteiger partial charge in [0.25, 0.3) is 0 Å². The molecule has 0 atom stereocenters. The predicted molar refractivity (Wildman–Crippen MR) is 55.4 cm³/mol. The molecule has 1 fully saturated rings. The van der Waals surface area contributed by atoms with Crippen LogP contribution >= 0.6 is 0 Å². The summed E-state index contributed by atoms with van der Waals surface area (Å²) >= 11 is 0.